The van der Waals surface area contributed by atoms with Crippen LogP contribution in [0.5, 0.6) is 0 Å². The second kappa shape index (κ2) is 6.84. The third kappa shape index (κ3) is 3.43. The number of para-hydroxylation sites is 1. The normalized spacial score (nSPS) is 15.3. The number of aromatic nitrogens is 1. The number of amides is 1. The van der Waals surface area contributed by atoms with Crippen molar-refractivity contribution in [3.8, 4) is 6.07 Å². The molecule has 1 amide bonds. The van der Waals surface area contributed by atoms with Gasteiger partial charge in [0.15, 0.2) is 0 Å². The van der Waals surface area contributed by atoms with E-state index in [1.54, 1.807) is 17.2 Å². The van der Waals surface area contributed by atoms with E-state index in [0.29, 0.717) is 13.1 Å². The summed E-state index contributed by atoms with van der Waals surface area (Å²) in [7, 11) is 0. The van der Waals surface area contributed by atoms with Crippen LogP contribution in [0.4, 0.5) is 5.69 Å². The maximum Gasteiger partial charge on any atom is 0.264 e. The van der Waals surface area contributed by atoms with Gasteiger partial charge in [0, 0.05) is 43.8 Å². The number of nitrogens with one attached hydrogen (secondary N) is 1. The van der Waals surface area contributed by atoms with Crippen LogP contribution in [0.3, 0.4) is 0 Å². The molecule has 1 aromatic heterocycles. The van der Waals surface area contributed by atoms with Crippen LogP contribution in [0.25, 0.3) is 6.08 Å². The smallest absolute Gasteiger partial charge is 0.264 e. The number of hydrogen-bond donors (Lipinski definition) is 1. The van der Waals surface area contributed by atoms with E-state index in [-0.39, 0.29) is 11.5 Å². The third-order valence-electron chi connectivity index (χ3n) is 3.96. The average molecular weight is 306 g/mol. The Morgan fingerprint density at radius 2 is 1.83 bits per heavy atom. The molecule has 0 radical (unpaired) electrons. The lowest BCUT2D eigenvalue weighted by Gasteiger charge is -2.36. The number of piperazine rings is 1. The van der Waals surface area contributed by atoms with Crippen LogP contribution in [0.2, 0.25) is 0 Å². The topological polar surface area (TPSA) is 63.1 Å². The number of nitrogens with zero attached hydrogens (tertiary/aromatic N) is 3. The SMILES string of the molecule is N#C/C(=C\c1ccc[nH]1)C(=O)N1CCN(c2ccccc2)CC1. The molecule has 23 heavy (non-hydrogen) atoms. The van der Waals surface area contributed by atoms with Crippen molar-refractivity contribution in [2.45, 2.75) is 0 Å². The van der Waals surface area contributed by atoms with Gasteiger partial charge in [-0.15, -0.1) is 0 Å². The van der Waals surface area contributed by atoms with E-state index >= 15 is 0 Å². The van der Waals surface area contributed by atoms with Gasteiger partial charge in [0.25, 0.3) is 5.91 Å². The molecule has 0 bridgehead atoms. The molecule has 0 spiro atoms. The fraction of sp³-hybridized carbons (Fsp3) is 0.222. The Morgan fingerprint density at radius 3 is 2.43 bits per heavy atom. The van der Waals surface area contributed by atoms with Crippen LogP contribution in [-0.2, 0) is 4.79 Å². The number of anilines is 1. The molecule has 0 unspecified atom stereocenters. The molecule has 1 aliphatic heterocycles. The summed E-state index contributed by atoms with van der Waals surface area (Å²) in [6.07, 6.45) is 3.37. The van der Waals surface area contributed by atoms with Crippen LogP contribution < -0.4 is 4.90 Å². The second-order valence-corrected chi connectivity index (χ2v) is 5.41. The van der Waals surface area contributed by atoms with E-state index in [2.05, 4.69) is 22.0 Å². The Labute approximate surface area is 135 Å². The highest BCUT2D eigenvalue weighted by molar-refractivity contribution is 6.01. The predicted octanol–water partition coefficient (Wildman–Crippen LogP) is 2.27. The van der Waals surface area contributed by atoms with E-state index in [1.807, 2.05) is 36.4 Å². The fourth-order valence-electron chi connectivity index (χ4n) is 2.71. The van der Waals surface area contributed by atoms with Gasteiger partial charge < -0.3 is 14.8 Å². The van der Waals surface area contributed by atoms with E-state index in [1.165, 1.54) is 5.69 Å². The highest BCUT2D eigenvalue weighted by atomic mass is 16.2. The molecular weight excluding hydrogens is 288 g/mol. The summed E-state index contributed by atoms with van der Waals surface area (Å²) in [6, 6.07) is 15.9. The number of nitriles is 1. The minimum Gasteiger partial charge on any atom is -0.368 e. The van der Waals surface area contributed by atoms with E-state index in [4.69, 9.17) is 0 Å². The average Bonchev–Trinajstić information content (AvgIpc) is 3.13. The van der Waals surface area contributed by atoms with E-state index in [0.717, 1.165) is 18.8 Å². The summed E-state index contributed by atoms with van der Waals surface area (Å²) >= 11 is 0. The molecule has 2 heterocycles. The summed E-state index contributed by atoms with van der Waals surface area (Å²) < 4.78 is 0. The number of hydrogen-bond acceptors (Lipinski definition) is 3. The largest absolute Gasteiger partial charge is 0.368 e. The molecule has 116 valence electrons. The van der Waals surface area contributed by atoms with Crippen molar-refractivity contribution in [1.82, 2.24) is 9.88 Å². The molecule has 5 nitrogen and oxygen atoms in total. The van der Waals surface area contributed by atoms with Crippen LogP contribution in [-0.4, -0.2) is 42.0 Å². The molecule has 0 saturated carbocycles. The highest BCUT2D eigenvalue weighted by Crippen LogP contribution is 2.17. The van der Waals surface area contributed by atoms with Crippen molar-refractivity contribution in [3.63, 3.8) is 0 Å². The van der Waals surface area contributed by atoms with Crippen molar-refractivity contribution >= 4 is 17.7 Å². The molecule has 1 saturated heterocycles. The van der Waals surface area contributed by atoms with Crippen molar-refractivity contribution < 1.29 is 4.79 Å². The Bertz CT molecular complexity index is 720. The summed E-state index contributed by atoms with van der Waals surface area (Å²) in [5.74, 6) is -0.199. The standard InChI is InChI=1S/C18H18N4O/c19-14-15(13-16-5-4-8-20-16)18(23)22-11-9-21(10-12-22)17-6-2-1-3-7-17/h1-8,13,20H,9-12H2/b15-13+. The van der Waals surface area contributed by atoms with E-state index < -0.39 is 0 Å². The van der Waals surface area contributed by atoms with Gasteiger partial charge in [0.05, 0.1) is 0 Å². The van der Waals surface area contributed by atoms with Gasteiger partial charge in [0.1, 0.15) is 11.6 Å². The number of carbonyl (C=O) groups excluding carboxylic acids is 1. The molecule has 0 atom stereocenters. The van der Waals surface area contributed by atoms with Gasteiger partial charge in [-0.3, -0.25) is 4.79 Å². The maximum atomic E-state index is 12.5. The molecule has 3 rings (SSSR count). The molecule has 5 heteroatoms. The van der Waals surface area contributed by atoms with E-state index in [9.17, 15) is 10.1 Å². The van der Waals surface area contributed by atoms with Gasteiger partial charge in [0.2, 0.25) is 0 Å². The Morgan fingerprint density at radius 1 is 1.09 bits per heavy atom. The highest BCUT2D eigenvalue weighted by Gasteiger charge is 2.23. The van der Waals surface area contributed by atoms with Crippen molar-refractivity contribution in [1.29, 1.82) is 5.26 Å². The molecule has 1 fully saturated rings. The van der Waals surface area contributed by atoms with Crippen LogP contribution in [0, 0.1) is 11.3 Å². The first-order valence-electron chi connectivity index (χ1n) is 7.62. The van der Waals surface area contributed by atoms with Gasteiger partial charge in [-0.05, 0) is 30.3 Å². The molecular formula is C18H18N4O. The summed E-state index contributed by atoms with van der Waals surface area (Å²) in [5, 5.41) is 9.27. The molecule has 1 aliphatic rings. The quantitative estimate of drug-likeness (QED) is 0.699. The van der Waals surface area contributed by atoms with Crippen molar-refractivity contribution in [2.75, 3.05) is 31.1 Å². The lowest BCUT2D eigenvalue weighted by molar-refractivity contribution is -0.126. The lowest BCUT2D eigenvalue weighted by Crippen LogP contribution is -2.49. The maximum absolute atomic E-state index is 12.5. The first-order valence-corrected chi connectivity index (χ1v) is 7.62. The van der Waals surface area contributed by atoms with Gasteiger partial charge >= 0.3 is 0 Å². The van der Waals surface area contributed by atoms with Gasteiger partial charge in [-0.1, -0.05) is 18.2 Å². The Hall–Kier alpha value is -3.00. The zero-order valence-electron chi connectivity index (χ0n) is 12.8. The minimum absolute atomic E-state index is 0.167. The minimum atomic E-state index is -0.199. The van der Waals surface area contributed by atoms with Crippen LogP contribution in [0.15, 0.2) is 54.2 Å². The predicted molar refractivity (Wildman–Crippen MR) is 89.6 cm³/mol. The number of H-pyrrole nitrogens is 1. The molecule has 2 aromatic rings. The lowest BCUT2D eigenvalue weighted by atomic mass is 10.2. The van der Waals surface area contributed by atoms with Crippen molar-refractivity contribution in [3.05, 3.63) is 59.9 Å². The zero-order valence-corrected chi connectivity index (χ0v) is 12.8. The fourth-order valence-corrected chi connectivity index (χ4v) is 2.71. The van der Waals surface area contributed by atoms with Gasteiger partial charge in [-0.2, -0.15) is 5.26 Å². The Kier molecular flexibility index (Phi) is 4.44. The number of rotatable bonds is 3. The van der Waals surface area contributed by atoms with Crippen LogP contribution in [0.1, 0.15) is 5.69 Å². The Balaban J connectivity index is 1.65. The number of carbonyl (C=O) groups is 1. The number of benzene rings is 1. The number of aromatic amines is 1. The zero-order chi connectivity index (χ0) is 16.1. The molecule has 1 N–H and O–H groups in total. The summed E-state index contributed by atoms with van der Waals surface area (Å²) in [5.41, 5.74) is 2.10. The van der Waals surface area contributed by atoms with Crippen LogP contribution >= 0.6 is 0 Å². The van der Waals surface area contributed by atoms with Crippen molar-refractivity contribution in [2.24, 2.45) is 0 Å². The summed E-state index contributed by atoms with van der Waals surface area (Å²) in [4.78, 5) is 19.5. The molecule has 1 aromatic carbocycles. The van der Waals surface area contributed by atoms with Gasteiger partial charge in [-0.25, -0.2) is 0 Å². The third-order valence-corrected chi connectivity index (χ3v) is 3.96. The summed E-state index contributed by atoms with van der Waals surface area (Å²) in [6.45, 7) is 2.79. The second-order valence-electron chi connectivity index (χ2n) is 5.41. The monoisotopic (exact) mass is 306 g/mol. The first-order chi connectivity index (χ1) is 11.3. The molecule has 0 aliphatic carbocycles. The first kappa shape index (κ1) is 14.9.